The van der Waals surface area contributed by atoms with Crippen molar-refractivity contribution < 1.29 is 19.5 Å². The minimum atomic E-state index is -0.919. The van der Waals surface area contributed by atoms with E-state index in [1.807, 2.05) is 0 Å². The first kappa shape index (κ1) is 10.9. The second-order valence-electron chi connectivity index (χ2n) is 4.25. The molecule has 2 aliphatic rings. The summed E-state index contributed by atoms with van der Waals surface area (Å²) in [5, 5.41) is 11.4. The maximum Gasteiger partial charge on any atom is 0.307 e. The molecule has 0 aromatic heterocycles. The fraction of sp³-hybridized carbons (Fsp3) is 0.700. The Morgan fingerprint density at radius 2 is 2.12 bits per heavy atom. The summed E-state index contributed by atoms with van der Waals surface area (Å²) in [7, 11) is 0. The van der Waals surface area contributed by atoms with E-state index in [9.17, 15) is 14.4 Å². The van der Waals surface area contributed by atoms with Crippen LogP contribution in [-0.2, 0) is 14.4 Å². The third-order valence-electron chi connectivity index (χ3n) is 3.00. The van der Waals surface area contributed by atoms with Gasteiger partial charge in [-0.2, -0.15) is 0 Å². The first-order valence-corrected chi connectivity index (χ1v) is 5.38. The van der Waals surface area contributed by atoms with Gasteiger partial charge in [-0.1, -0.05) is 0 Å². The molecule has 1 heterocycles. The van der Waals surface area contributed by atoms with E-state index in [1.54, 1.807) is 0 Å². The lowest BCUT2D eigenvalue weighted by atomic mass is 10.2. The van der Waals surface area contributed by atoms with E-state index in [2.05, 4.69) is 5.32 Å². The third-order valence-corrected chi connectivity index (χ3v) is 3.00. The molecule has 16 heavy (non-hydrogen) atoms. The van der Waals surface area contributed by atoms with Crippen LogP contribution in [0, 0.1) is 11.8 Å². The summed E-state index contributed by atoms with van der Waals surface area (Å²) in [6.07, 6.45) is 1.13. The molecule has 1 aliphatic heterocycles. The van der Waals surface area contributed by atoms with Gasteiger partial charge in [0.1, 0.15) is 0 Å². The van der Waals surface area contributed by atoms with Gasteiger partial charge in [0.05, 0.1) is 18.4 Å². The predicted octanol–water partition coefficient (Wildman–Crippen LogP) is -0.944. The number of hydrogen-bond acceptors (Lipinski definition) is 3. The third kappa shape index (κ3) is 2.15. The molecule has 0 bridgehead atoms. The fourth-order valence-corrected chi connectivity index (χ4v) is 1.97. The van der Waals surface area contributed by atoms with Crippen LogP contribution in [0.2, 0.25) is 0 Å². The molecule has 0 spiro atoms. The number of rotatable bonds is 2. The maximum absolute atomic E-state index is 11.9. The summed E-state index contributed by atoms with van der Waals surface area (Å²) in [6.45, 7) is 1.16. The molecule has 0 aromatic carbocycles. The van der Waals surface area contributed by atoms with Crippen molar-refractivity contribution in [3.63, 3.8) is 0 Å². The zero-order chi connectivity index (χ0) is 11.7. The Morgan fingerprint density at radius 1 is 1.38 bits per heavy atom. The molecule has 88 valence electrons. The van der Waals surface area contributed by atoms with E-state index in [-0.39, 0.29) is 18.4 Å². The summed E-state index contributed by atoms with van der Waals surface area (Å²) in [4.78, 5) is 35.2. The van der Waals surface area contributed by atoms with Gasteiger partial charge in [0.2, 0.25) is 11.8 Å². The molecule has 6 nitrogen and oxygen atoms in total. The highest BCUT2D eigenvalue weighted by molar-refractivity contribution is 5.92. The van der Waals surface area contributed by atoms with Crippen molar-refractivity contribution in [1.82, 2.24) is 10.2 Å². The van der Waals surface area contributed by atoms with E-state index < -0.39 is 17.8 Å². The van der Waals surface area contributed by atoms with Crippen LogP contribution in [0.3, 0.4) is 0 Å². The van der Waals surface area contributed by atoms with Gasteiger partial charge in [-0.3, -0.25) is 14.4 Å². The summed E-state index contributed by atoms with van der Waals surface area (Å²) >= 11 is 0. The van der Waals surface area contributed by atoms with Crippen molar-refractivity contribution in [2.75, 3.05) is 19.6 Å². The van der Waals surface area contributed by atoms with Crippen molar-refractivity contribution in [3.05, 3.63) is 0 Å². The smallest absolute Gasteiger partial charge is 0.307 e. The highest BCUT2D eigenvalue weighted by Crippen LogP contribution is 2.40. The van der Waals surface area contributed by atoms with Crippen LogP contribution in [0.4, 0.5) is 0 Å². The standard InChI is InChI=1S/C10H14N2O4/c13-8-5-12(3-1-2-11-8)9(14)6-4-7(6)10(15)16/h6-7H,1-5H2,(H,11,13)(H,15,16). The molecule has 1 saturated carbocycles. The Hall–Kier alpha value is -1.59. The van der Waals surface area contributed by atoms with Crippen molar-refractivity contribution in [2.45, 2.75) is 12.8 Å². The highest BCUT2D eigenvalue weighted by Gasteiger charge is 2.49. The van der Waals surface area contributed by atoms with E-state index >= 15 is 0 Å². The van der Waals surface area contributed by atoms with Gasteiger partial charge in [-0.15, -0.1) is 0 Å². The zero-order valence-electron chi connectivity index (χ0n) is 8.81. The van der Waals surface area contributed by atoms with Gasteiger partial charge in [0, 0.05) is 13.1 Å². The van der Waals surface area contributed by atoms with Crippen LogP contribution in [-0.4, -0.2) is 47.4 Å². The quantitative estimate of drug-likeness (QED) is 0.636. The predicted molar refractivity (Wildman–Crippen MR) is 53.4 cm³/mol. The fourth-order valence-electron chi connectivity index (χ4n) is 1.97. The van der Waals surface area contributed by atoms with Gasteiger partial charge in [0.15, 0.2) is 0 Å². The monoisotopic (exact) mass is 226 g/mol. The number of amides is 2. The van der Waals surface area contributed by atoms with E-state index in [1.165, 1.54) is 4.90 Å². The number of carbonyl (C=O) groups is 3. The number of nitrogens with zero attached hydrogens (tertiary/aromatic N) is 1. The topological polar surface area (TPSA) is 86.7 Å². The lowest BCUT2D eigenvalue weighted by Gasteiger charge is -2.18. The van der Waals surface area contributed by atoms with Gasteiger partial charge in [-0.25, -0.2) is 0 Å². The van der Waals surface area contributed by atoms with Crippen molar-refractivity contribution in [3.8, 4) is 0 Å². The van der Waals surface area contributed by atoms with Gasteiger partial charge >= 0.3 is 5.97 Å². The molecule has 0 aromatic rings. The lowest BCUT2D eigenvalue weighted by molar-refractivity contribution is -0.142. The van der Waals surface area contributed by atoms with Gasteiger partial charge in [0.25, 0.3) is 0 Å². The number of carbonyl (C=O) groups excluding carboxylic acids is 2. The van der Waals surface area contributed by atoms with E-state index in [4.69, 9.17) is 5.11 Å². The Kier molecular flexibility index (Phi) is 2.80. The molecule has 1 saturated heterocycles. The molecular formula is C10H14N2O4. The SMILES string of the molecule is O=C1CN(C(=O)C2CC2C(=O)O)CCCN1. The summed E-state index contributed by atoms with van der Waals surface area (Å²) < 4.78 is 0. The average Bonchev–Trinajstić information content (AvgIpc) is 3.00. The molecular weight excluding hydrogens is 212 g/mol. The van der Waals surface area contributed by atoms with Gasteiger partial charge < -0.3 is 15.3 Å². The summed E-state index contributed by atoms with van der Waals surface area (Å²) in [5.74, 6) is -2.23. The number of aliphatic carboxylic acids is 1. The molecule has 1 aliphatic carbocycles. The number of carboxylic acid groups (broad SMARTS) is 1. The summed E-state index contributed by atoms with van der Waals surface area (Å²) in [5.41, 5.74) is 0. The minimum absolute atomic E-state index is 0.0572. The lowest BCUT2D eigenvalue weighted by Crippen LogP contribution is -2.38. The van der Waals surface area contributed by atoms with E-state index in [0.29, 0.717) is 19.5 Å². The maximum atomic E-state index is 11.9. The first-order chi connectivity index (χ1) is 7.59. The first-order valence-electron chi connectivity index (χ1n) is 5.38. The Bertz CT molecular complexity index is 342. The molecule has 2 fully saturated rings. The van der Waals surface area contributed by atoms with Crippen LogP contribution in [0.15, 0.2) is 0 Å². The Balaban J connectivity index is 1.94. The van der Waals surface area contributed by atoms with Crippen LogP contribution in [0.5, 0.6) is 0 Å². The highest BCUT2D eigenvalue weighted by atomic mass is 16.4. The Labute approximate surface area is 92.6 Å². The van der Waals surface area contributed by atoms with Crippen molar-refractivity contribution >= 4 is 17.8 Å². The molecule has 2 N–H and O–H groups in total. The van der Waals surface area contributed by atoms with Crippen molar-refractivity contribution in [1.29, 1.82) is 0 Å². The minimum Gasteiger partial charge on any atom is -0.481 e. The second-order valence-corrected chi connectivity index (χ2v) is 4.25. The second kappa shape index (κ2) is 4.11. The number of carboxylic acids is 1. The van der Waals surface area contributed by atoms with E-state index in [0.717, 1.165) is 6.42 Å². The molecule has 6 heteroatoms. The Morgan fingerprint density at radius 3 is 2.75 bits per heavy atom. The van der Waals surface area contributed by atoms with Crippen molar-refractivity contribution in [2.24, 2.45) is 11.8 Å². The molecule has 0 radical (unpaired) electrons. The average molecular weight is 226 g/mol. The summed E-state index contributed by atoms with van der Waals surface area (Å²) in [6, 6.07) is 0. The van der Waals surface area contributed by atoms with Crippen LogP contribution in [0.1, 0.15) is 12.8 Å². The van der Waals surface area contributed by atoms with Crippen LogP contribution >= 0.6 is 0 Å². The zero-order valence-corrected chi connectivity index (χ0v) is 8.81. The number of nitrogens with one attached hydrogen (secondary N) is 1. The van der Waals surface area contributed by atoms with Crippen LogP contribution < -0.4 is 5.32 Å². The normalized spacial score (nSPS) is 29.2. The molecule has 2 atom stereocenters. The number of hydrogen-bond donors (Lipinski definition) is 2. The van der Waals surface area contributed by atoms with Gasteiger partial charge in [-0.05, 0) is 12.8 Å². The molecule has 2 rings (SSSR count). The molecule has 2 amide bonds. The largest absolute Gasteiger partial charge is 0.481 e. The molecule has 2 unspecified atom stereocenters. The van der Waals surface area contributed by atoms with Crippen LogP contribution in [0.25, 0.3) is 0 Å².